The lowest BCUT2D eigenvalue weighted by atomic mass is 10.1. The lowest BCUT2D eigenvalue weighted by molar-refractivity contribution is 0.102. The lowest BCUT2D eigenvalue weighted by Gasteiger charge is -2.09. The number of rotatable bonds is 9. The highest BCUT2D eigenvalue weighted by molar-refractivity contribution is 7.89. The van der Waals surface area contributed by atoms with E-state index in [4.69, 9.17) is 0 Å². The van der Waals surface area contributed by atoms with E-state index < -0.39 is 15.9 Å². The fraction of sp³-hybridized carbons (Fsp3) is 0.471. The Morgan fingerprint density at radius 1 is 1.19 bits per heavy atom. The number of aryl methyl sites for hydroxylation is 2. The first kappa shape index (κ1) is 20.5. The average Bonchev–Trinajstić information content (AvgIpc) is 3.02. The van der Waals surface area contributed by atoms with Gasteiger partial charge >= 0.3 is 0 Å². The zero-order valence-corrected chi connectivity index (χ0v) is 16.8. The van der Waals surface area contributed by atoms with Gasteiger partial charge in [0.1, 0.15) is 5.01 Å². The zero-order chi connectivity index (χ0) is 19.2. The molecule has 2 aromatic rings. The fourth-order valence-electron chi connectivity index (χ4n) is 2.38. The summed E-state index contributed by atoms with van der Waals surface area (Å²) in [4.78, 5) is 12.6. The summed E-state index contributed by atoms with van der Waals surface area (Å²) in [5.41, 5.74) is 0.984. The Kier molecular flexibility index (Phi) is 7.24. The van der Waals surface area contributed by atoms with E-state index in [2.05, 4.69) is 27.2 Å². The molecule has 1 amide bonds. The van der Waals surface area contributed by atoms with Gasteiger partial charge in [-0.05, 0) is 31.0 Å². The maximum atomic E-state index is 12.6. The molecular formula is C17H24N4O3S2. The van der Waals surface area contributed by atoms with E-state index in [1.54, 1.807) is 19.9 Å². The molecule has 26 heavy (non-hydrogen) atoms. The van der Waals surface area contributed by atoms with Gasteiger partial charge in [0.15, 0.2) is 0 Å². The number of hydrogen-bond donors (Lipinski definition) is 2. The number of nitrogens with zero attached hydrogens (tertiary/aromatic N) is 2. The zero-order valence-electron chi connectivity index (χ0n) is 15.2. The van der Waals surface area contributed by atoms with Crippen molar-refractivity contribution >= 4 is 32.4 Å². The number of hydrogen-bond acceptors (Lipinski definition) is 6. The highest BCUT2D eigenvalue weighted by Gasteiger charge is 2.18. The third-order valence-corrected chi connectivity index (χ3v) is 6.22. The molecule has 7 nitrogen and oxygen atoms in total. The molecule has 1 aromatic heterocycles. The van der Waals surface area contributed by atoms with Gasteiger partial charge in [-0.15, -0.1) is 10.2 Å². The lowest BCUT2D eigenvalue weighted by Crippen LogP contribution is -2.24. The number of unbranched alkanes of at least 4 members (excludes halogenated alkanes) is 2. The third-order valence-electron chi connectivity index (χ3n) is 3.78. The van der Waals surface area contributed by atoms with Gasteiger partial charge in [-0.1, -0.05) is 44.1 Å². The van der Waals surface area contributed by atoms with Crippen LogP contribution in [0.15, 0.2) is 23.1 Å². The summed E-state index contributed by atoms with van der Waals surface area (Å²) in [6, 6.07) is 4.49. The van der Waals surface area contributed by atoms with E-state index in [1.807, 2.05) is 0 Å². The van der Waals surface area contributed by atoms with Gasteiger partial charge in [0.05, 0.1) is 4.90 Å². The highest BCUT2D eigenvalue weighted by atomic mass is 32.2. The molecule has 0 aliphatic carbocycles. The van der Waals surface area contributed by atoms with Gasteiger partial charge < -0.3 is 0 Å². The number of aromatic nitrogens is 2. The molecule has 2 N–H and O–H groups in total. The molecule has 0 saturated carbocycles. The summed E-state index contributed by atoms with van der Waals surface area (Å²) in [7, 11) is -3.62. The van der Waals surface area contributed by atoms with Crippen LogP contribution in [0.4, 0.5) is 5.13 Å². The van der Waals surface area contributed by atoms with Gasteiger partial charge in [-0.25, -0.2) is 13.1 Å². The summed E-state index contributed by atoms with van der Waals surface area (Å²) in [5.74, 6) is -0.396. The van der Waals surface area contributed by atoms with Crippen molar-refractivity contribution in [3.05, 3.63) is 34.3 Å². The standard InChI is InChI=1S/C17H24N4O3S2/c1-4-6-7-8-15-20-21-17(25-15)19-16(22)14-11-13(10-9-12(14)3)26(23,24)18-5-2/h9-11,18H,4-8H2,1-3H3,(H,19,21,22). The number of carbonyl (C=O) groups is 1. The number of amides is 1. The van der Waals surface area contributed by atoms with Crippen molar-refractivity contribution in [1.29, 1.82) is 0 Å². The van der Waals surface area contributed by atoms with Crippen LogP contribution in [-0.2, 0) is 16.4 Å². The van der Waals surface area contributed by atoms with Crippen LogP contribution in [0, 0.1) is 6.92 Å². The number of anilines is 1. The van der Waals surface area contributed by atoms with Gasteiger partial charge in [0.2, 0.25) is 15.2 Å². The predicted octanol–water partition coefficient (Wildman–Crippen LogP) is 3.13. The molecule has 142 valence electrons. The summed E-state index contributed by atoms with van der Waals surface area (Å²) < 4.78 is 26.7. The maximum absolute atomic E-state index is 12.6. The van der Waals surface area contributed by atoms with E-state index in [-0.39, 0.29) is 11.4 Å². The monoisotopic (exact) mass is 396 g/mol. The molecule has 0 spiro atoms. The smallest absolute Gasteiger partial charge is 0.257 e. The molecule has 0 unspecified atom stereocenters. The molecule has 0 aliphatic heterocycles. The van der Waals surface area contributed by atoms with Crippen LogP contribution in [0.1, 0.15) is 54.0 Å². The Morgan fingerprint density at radius 2 is 1.96 bits per heavy atom. The van der Waals surface area contributed by atoms with Gasteiger partial charge in [0, 0.05) is 18.5 Å². The van der Waals surface area contributed by atoms with Crippen LogP contribution in [0.5, 0.6) is 0 Å². The quantitative estimate of drug-likeness (QED) is 0.634. The first-order valence-corrected chi connectivity index (χ1v) is 10.9. The molecular weight excluding hydrogens is 372 g/mol. The SMILES string of the molecule is CCCCCc1nnc(NC(=O)c2cc(S(=O)(=O)NCC)ccc2C)s1. The third kappa shape index (κ3) is 5.33. The van der Waals surface area contributed by atoms with Crippen molar-refractivity contribution in [2.24, 2.45) is 0 Å². The Labute approximate surface area is 158 Å². The predicted molar refractivity (Wildman–Crippen MR) is 103 cm³/mol. The van der Waals surface area contributed by atoms with Gasteiger partial charge in [0.25, 0.3) is 5.91 Å². The number of benzene rings is 1. The van der Waals surface area contributed by atoms with Crippen molar-refractivity contribution in [2.75, 3.05) is 11.9 Å². The fourth-order valence-corrected chi connectivity index (χ4v) is 4.23. The van der Waals surface area contributed by atoms with Crippen LogP contribution in [0.2, 0.25) is 0 Å². The van der Waals surface area contributed by atoms with Crippen LogP contribution in [-0.4, -0.2) is 31.1 Å². The number of carbonyl (C=O) groups excluding carboxylic acids is 1. The molecule has 0 aliphatic rings. The van der Waals surface area contributed by atoms with Crippen LogP contribution in [0.25, 0.3) is 0 Å². The Balaban J connectivity index is 2.14. The molecule has 0 bridgehead atoms. The van der Waals surface area contributed by atoms with Crippen LogP contribution >= 0.6 is 11.3 Å². The average molecular weight is 397 g/mol. The maximum Gasteiger partial charge on any atom is 0.257 e. The van der Waals surface area contributed by atoms with Crippen molar-refractivity contribution < 1.29 is 13.2 Å². The van der Waals surface area contributed by atoms with Crippen molar-refractivity contribution in [3.8, 4) is 0 Å². The molecule has 0 fully saturated rings. The Hall–Kier alpha value is -1.84. The molecule has 0 atom stereocenters. The van der Waals surface area contributed by atoms with E-state index in [9.17, 15) is 13.2 Å². The molecule has 0 radical (unpaired) electrons. The van der Waals surface area contributed by atoms with E-state index in [1.165, 1.54) is 23.5 Å². The summed E-state index contributed by atoms with van der Waals surface area (Å²) in [6.07, 6.45) is 4.15. The van der Waals surface area contributed by atoms with Crippen LogP contribution in [0.3, 0.4) is 0 Å². The van der Waals surface area contributed by atoms with Crippen LogP contribution < -0.4 is 10.0 Å². The van der Waals surface area contributed by atoms with Crippen molar-refractivity contribution in [3.63, 3.8) is 0 Å². The minimum Gasteiger partial charge on any atom is -0.296 e. The number of nitrogens with one attached hydrogen (secondary N) is 2. The van der Waals surface area contributed by atoms with Gasteiger partial charge in [-0.2, -0.15) is 0 Å². The second-order valence-electron chi connectivity index (χ2n) is 5.89. The summed E-state index contributed by atoms with van der Waals surface area (Å²) in [6.45, 7) is 5.88. The number of sulfonamides is 1. The molecule has 0 saturated heterocycles. The normalized spacial score (nSPS) is 11.5. The summed E-state index contributed by atoms with van der Waals surface area (Å²) in [5, 5.41) is 12.1. The largest absolute Gasteiger partial charge is 0.296 e. The van der Waals surface area contributed by atoms with E-state index >= 15 is 0 Å². The molecule has 1 aromatic carbocycles. The van der Waals surface area contributed by atoms with Gasteiger partial charge in [-0.3, -0.25) is 10.1 Å². The first-order chi connectivity index (χ1) is 12.4. The molecule has 1 heterocycles. The first-order valence-electron chi connectivity index (χ1n) is 8.61. The van der Waals surface area contributed by atoms with Crippen molar-refractivity contribution in [1.82, 2.24) is 14.9 Å². The Morgan fingerprint density at radius 3 is 2.65 bits per heavy atom. The minimum absolute atomic E-state index is 0.0626. The second-order valence-corrected chi connectivity index (χ2v) is 8.72. The second kappa shape index (κ2) is 9.20. The molecule has 9 heteroatoms. The molecule has 2 rings (SSSR count). The highest BCUT2D eigenvalue weighted by Crippen LogP contribution is 2.21. The van der Waals surface area contributed by atoms with E-state index in [0.29, 0.717) is 16.3 Å². The minimum atomic E-state index is -3.62. The Bertz CT molecular complexity index is 863. The van der Waals surface area contributed by atoms with E-state index in [0.717, 1.165) is 30.7 Å². The van der Waals surface area contributed by atoms with Crippen molar-refractivity contribution in [2.45, 2.75) is 51.3 Å². The topological polar surface area (TPSA) is 101 Å². The summed E-state index contributed by atoms with van der Waals surface area (Å²) >= 11 is 1.35.